The number of azo groups is 2. The minimum atomic E-state index is 0.404. The lowest BCUT2D eigenvalue weighted by molar-refractivity contribution is 0.0273. The van der Waals surface area contributed by atoms with Crippen LogP contribution in [0.3, 0.4) is 0 Å². The molecule has 132 heavy (non-hydrogen) atoms. The van der Waals surface area contributed by atoms with Crippen LogP contribution in [-0.4, -0.2) is 92.5 Å². The lowest BCUT2D eigenvalue weighted by Gasteiger charge is -2.30. The second-order valence-corrected chi connectivity index (χ2v) is 35.7. The molecule has 0 bridgehead atoms. The highest BCUT2D eigenvalue weighted by atomic mass is 16.6. The molecule has 14 heteroatoms. The third kappa shape index (κ3) is 19.6. The molecule has 0 radical (unpaired) electrons. The van der Waals surface area contributed by atoms with E-state index in [9.17, 15) is 0 Å². The Hall–Kier alpha value is -12.3. The average molecular weight is 1760 g/mol. The van der Waals surface area contributed by atoms with E-state index in [-0.39, 0.29) is 0 Å². The van der Waals surface area contributed by atoms with E-state index in [1.165, 1.54) is 269 Å². The van der Waals surface area contributed by atoms with E-state index in [0.29, 0.717) is 92.5 Å². The van der Waals surface area contributed by atoms with Crippen LogP contribution in [0, 0.1) is 0 Å². The minimum Gasteiger partial charge on any atom is -0.494 e. The standard InChI is InChI=1S/C118H122N4O10/c1-5-9-11-13-15-17-19-21-23-25-29-79-71-99-95-31-27-33-97-103-75-83(81-35-47-91(48-36-81)129-67-63-123-59-61-125-65-69-131-93-55-43-87(44-56-93)121-119-85-39-51-89(52-40-85)127-7-3)77-105-106-78-84(82-37-49-92(50-38-82)130-68-64-124-60-62-126-66-70-132-94-57-45-88(46-58-94)122-120-86-41-53-90(54-42-86)128-8-4)76-104-98-34-28-32-96-100-72-80(30-26-24-22-20-18-16-14-12-10-6-2)74-102-101(73-79)109(99)115-113(107(95)97)117(111(103)105)118(112(104)106)114(108(96)98)116(115)110(100)102/h27-28,31-58,71-78H,5-26,29-30,59-70H2,1-4H3. The molecule has 0 amide bonds. The highest BCUT2D eigenvalue weighted by molar-refractivity contribution is 6.61. The van der Waals surface area contributed by atoms with E-state index in [0.717, 1.165) is 92.3 Å². The van der Waals surface area contributed by atoms with Crippen LogP contribution in [0.15, 0.2) is 251 Å². The van der Waals surface area contributed by atoms with Gasteiger partial charge in [-0.2, -0.15) is 20.5 Å². The fourth-order valence-electron chi connectivity index (χ4n) is 20.5. The van der Waals surface area contributed by atoms with E-state index in [4.69, 9.17) is 47.4 Å². The Kier molecular flexibility index (Phi) is 28.9. The summed E-state index contributed by atoms with van der Waals surface area (Å²) in [6.07, 6.45) is 28.6. The maximum absolute atomic E-state index is 6.41. The summed E-state index contributed by atoms with van der Waals surface area (Å²) in [6, 6.07) is 83.0. The normalized spacial score (nSPS) is 12.3. The molecule has 0 atom stereocenters. The van der Waals surface area contributed by atoms with Crippen molar-refractivity contribution in [3.8, 4) is 56.8 Å². The summed E-state index contributed by atoms with van der Waals surface area (Å²) in [5.41, 5.74) is 10.5. The van der Waals surface area contributed by atoms with Crippen molar-refractivity contribution in [3.05, 3.63) is 242 Å². The molecule has 0 saturated carbocycles. The first kappa shape index (κ1) is 88.9. The van der Waals surface area contributed by atoms with Crippen LogP contribution in [0.25, 0.3) is 152 Å². The van der Waals surface area contributed by atoms with E-state index in [2.05, 4.69) is 168 Å². The number of ether oxygens (including phenoxy) is 10. The van der Waals surface area contributed by atoms with Gasteiger partial charge in [0.05, 0.1) is 88.8 Å². The Morgan fingerprint density at radius 3 is 0.659 bits per heavy atom. The smallest absolute Gasteiger partial charge is 0.119 e. The average Bonchev–Trinajstić information content (AvgIpc) is 0.641. The molecule has 0 aliphatic heterocycles. The summed E-state index contributed by atoms with van der Waals surface area (Å²) in [4.78, 5) is 0. The van der Waals surface area contributed by atoms with Crippen LogP contribution in [0.4, 0.5) is 22.7 Å². The molecule has 0 aliphatic rings. The van der Waals surface area contributed by atoms with Crippen LogP contribution in [-0.2, 0) is 31.8 Å². The SMILES string of the molecule is CCCCCCCCCCCCc1cc2c3cccc4c5cc(-c6ccc(OCCOCCOCCOc7ccc(N=Nc8ccc(OCC)cc8)cc7)cc6)cc6c7cc(-c8ccc(OCCOCCOCCOc9ccc(N=Nc%10ccc(OCC)cc%10)cc9)cc8)cc8c9cccc%10c%11cc(CCCCCCCCCCCC)cc%12c(c1)c2c1c(c34)c(c56)c(c87)c(c%109)c1c%11%12. The zero-order chi connectivity index (χ0) is 89.3. The number of hydrogen-bond donors (Lipinski definition) is 0. The highest BCUT2D eigenvalue weighted by Gasteiger charge is 2.33. The van der Waals surface area contributed by atoms with Crippen LogP contribution < -0.4 is 28.4 Å². The molecule has 19 rings (SSSR count). The molecule has 14 nitrogen and oxygen atoms in total. The zero-order valence-corrected chi connectivity index (χ0v) is 77.3. The molecular formula is C118H122N4O10. The third-order valence-electron chi connectivity index (χ3n) is 26.8. The van der Waals surface area contributed by atoms with Crippen LogP contribution in [0.5, 0.6) is 34.5 Å². The molecule has 0 N–H and O–H groups in total. The van der Waals surface area contributed by atoms with Gasteiger partial charge in [-0.25, -0.2) is 0 Å². The maximum atomic E-state index is 6.41. The zero-order valence-electron chi connectivity index (χ0n) is 77.3. The predicted molar refractivity (Wildman–Crippen MR) is 547 cm³/mol. The van der Waals surface area contributed by atoms with Gasteiger partial charge in [-0.1, -0.05) is 214 Å². The summed E-state index contributed by atoms with van der Waals surface area (Å²) in [5.74, 6) is 4.68. The summed E-state index contributed by atoms with van der Waals surface area (Å²) in [6.45, 7) is 14.9. The fraction of sp³-hybridized carbons (Fsp3) is 0.339. The van der Waals surface area contributed by atoms with Gasteiger partial charge in [0, 0.05) is 0 Å². The van der Waals surface area contributed by atoms with Crippen molar-refractivity contribution in [3.63, 3.8) is 0 Å². The monoisotopic (exact) mass is 1750 g/mol. The number of benzene rings is 19. The van der Waals surface area contributed by atoms with Gasteiger partial charge in [-0.3, -0.25) is 0 Å². The maximum Gasteiger partial charge on any atom is 0.119 e. The van der Waals surface area contributed by atoms with Crippen LogP contribution in [0.2, 0.25) is 0 Å². The molecule has 0 fully saturated rings. The lowest BCUT2D eigenvalue weighted by atomic mass is 9.72. The molecule has 19 aromatic carbocycles. The largest absolute Gasteiger partial charge is 0.494 e. The summed E-state index contributed by atoms with van der Waals surface area (Å²) in [5, 5.41) is 50.3. The molecule has 0 saturated heterocycles. The van der Waals surface area contributed by atoms with Crippen LogP contribution in [0.1, 0.15) is 167 Å². The van der Waals surface area contributed by atoms with Gasteiger partial charge in [0.2, 0.25) is 0 Å². The van der Waals surface area contributed by atoms with E-state index in [1.54, 1.807) is 0 Å². The first-order valence-corrected chi connectivity index (χ1v) is 49.1. The molecule has 0 heterocycles. The molecule has 0 aliphatic carbocycles. The number of nitrogens with zero attached hydrogens (tertiary/aromatic N) is 4. The van der Waals surface area contributed by atoms with Gasteiger partial charge in [0.15, 0.2) is 0 Å². The number of fused-ring (bicyclic) bond motifs is 6. The number of unbranched alkanes of at least 4 members (excludes halogenated alkanes) is 18. The molecule has 0 spiro atoms. The Balaban J connectivity index is 0.605. The third-order valence-corrected chi connectivity index (χ3v) is 26.8. The summed E-state index contributed by atoms with van der Waals surface area (Å²) >= 11 is 0. The van der Waals surface area contributed by atoms with Crippen molar-refractivity contribution < 1.29 is 47.4 Å². The number of rotatable bonds is 54. The fourth-order valence-corrected chi connectivity index (χ4v) is 20.5. The number of aryl methyl sites for hydroxylation is 2. The van der Waals surface area contributed by atoms with Crippen molar-refractivity contribution in [2.24, 2.45) is 20.5 Å². The van der Waals surface area contributed by atoms with Gasteiger partial charge >= 0.3 is 0 Å². The Labute approximate surface area is 774 Å². The van der Waals surface area contributed by atoms with Crippen molar-refractivity contribution in [1.82, 2.24) is 0 Å². The first-order valence-electron chi connectivity index (χ1n) is 49.1. The van der Waals surface area contributed by atoms with E-state index >= 15 is 0 Å². The molecule has 19 aromatic rings. The Morgan fingerprint density at radius 2 is 0.394 bits per heavy atom. The van der Waals surface area contributed by atoms with Crippen molar-refractivity contribution in [2.45, 2.75) is 169 Å². The van der Waals surface area contributed by atoms with Gasteiger partial charge in [0.1, 0.15) is 60.9 Å². The van der Waals surface area contributed by atoms with Crippen LogP contribution >= 0.6 is 0 Å². The predicted octanol–water partition coefficient (Wildman–Crippen LogP) is 33.0. The van der Waals surface area contributed by atoms with Gasteiger partial charge < -0.3 is 47.4 Å². The second-order valence-electron chi connectivity index (χ2n) is 35.7. The topological polar surface area (TPSA) is 142 Å². The summed E-state index contributed by atoms with van der Waals surface area (Å²) in [7, 11) is 0. The van der Waals surface area contributed by atoms with Gasteiger partial charge in [0.25, 0.3) is 0 Å². The molecule has 674 valence electrons. The van der Waals surface area contributed by atoms with Gasteiger partial charge in [-0.15, -0.1) is 0 Å². The second kappa shape index (κ2) is 42.9. The Morgan fingerprint density at radius 1 is 0.182 bits per heavy atom. The quantitative estimate of drug-likeness (QED) is 0.0156. The molecule has 0 unspecified atom stereocenters. The van der Waals surface area contributed by atoms with E-state index < -0.39 is 0 Å². The first-order chi connectivity index (χ1) is 65.4. The van der Waals surface area contributed by atoms with E-state index in [1.807, 2.05) is 111 Å². The number of hydrogen-bond acceptors (Lipinski definition) is 14. The molecule has 0 aromatic heterocycles. The summed E-state index contributed by atoms with van der Waals surface area (Å²) < 4.78 is 59.7. The molecular weight excluding hydrogens is 1630 g/mol. The van der Waals surface area contributed by atoms with Crippen molar-refractivity contribution in [1.29, 1.82) is 0 Å². The lowest BCUT2D eigenvalue weighted by Crippen LogP contribution is -2.13. The Bertz CT molecular complexity index is 6580. The van der Waals surface area contributed by atoms with Crippen molar-refractivity contribution >= 4 is 152 Å². The van der Waals surface area contributed by atoms with Crippen molar-refractivity contribution in [2.75, 3.05) is 92.5 Å². The minimum absolute atomic E-state index is 0.404. The highest BCUT2D eigenvalue weighted by Crippen LogP contribution is 2.61. The van der Waals surface area contributed by atoms with Gasteiger partial charge in [-0.05, 0) is 348 Å².